The minimum Gasteiger partial charge on any atom is -0.317 e. The van der Waals surface area contributed by atoms with E-state index in [0.29, 0.717) is 16.6 Å². The number of anilines is 1. The Morgan fingerprint density at radius 3 is 3.00 bits per heavy atom. The van der Waals surface area contributed by atoms with E-state index in [1.165, 1.54) is 28.3 Å². The summed E-state index contributed by atoms with van der Waals surface area (Å²) in [4.78, 5) is 17.5. The maximum Gasteiger partial charge on any atom is 0.230 e. The van der Waals surface area contributed by atoms with Gasteiger partial charge < -0.3 is 10.6 Å². The Balaban J connectivity index is 1.58. The number of carbonyl (C=O) groups excluding carboxylic acids is 1. The van der Waals surface area contributed by atoms with Crippen LogP contribution in [0.2, 0.25) is 0 Å². The van der Waals surface area contributed by atoms with Gasteiger partial charge in [0.15, 0.2) is 5.13 Å². The van der Waals surface area contributed by atoms with E-state index in [0.717, 1.165) is 25.9 Å². The second-order valence-electron chi connectivity index (χ2n) is 5.45. The van der Waals surface area contributed by atoms with E-state index in [4.69, 9.17) is 0 Å². The minimum atomic E-state index is -0.326. The lowest BCUT2D eigenvalue weighted by Crippen LogP contribution is -2.26. The molecule has 2 heterocycles. The molecule has 0 atom stereocenters. The van der Waals surface area contributed by atoms with Crippen LogP contribution >= 0.6 is 11.3 Å². The van der Waals surface area contributed by atoms with E-state index in [9.17, 15) is 9.18 Å². The molecule has 1 aromatic heterocycles. The Kier molecular flexibility index (Phi) is 4.80. The Hall–Kier alpha value is -1.79. The largest absolute Gasteiger partial charge is 0.317 e. The molecule has 1 fully saturated rings. The zero-order valence-corrected chi connectivity index (χ0v) is 13.0. The van der Waals surface area contributed by atoms with Crippen molar-refractivity contribution >= 4 is 22.4 Å². The molecular weight excluding hydrogens is 301 g/mol. The first-order chi connectivity index (χ1) is 10.7. The molecule has 1 saturated heterocycles. The number of nitrogens with one attached hydrogen (secondary N) is 2. The van der Waals surface area contributed by atoms with Crippen molar-refractivity contribution in [2.24, 2.45) is 0 Å². The molecule has 3 rings (SSSR count). The quantitative estimate of drug-likeness (QED) is 0.911. The third-order valence-corrected chi connectivity index (χ3v) is 4.84. The normalized spacial score (nSPS) is 15.7. The summed E-state index contributed by atoms with van der Waals surface area (Å²) >= 11 is 1.54. The van der Waals surface area contributed by atoms with Crippen molar-refractivity contribution in [3.05, 3.63) is 46.7 Å². The lowest BCUT2D eigenvalue weighted by Gasteiger charge is -2.20. The van der Waals surface area contributed by atoms with Gasteiger partial charge in [-0.05, 0) is 49.5 Å². The topological polar surface area (TPSA) is 54.0 Å². The molecule has 0 unspecified atom stereocenters. The predicted octanol–water partition coefficient (Wildman–Crippen LogP) is 2.93. The average Bonchev–Trinajstić information content (AvgIpc) is 2.96. The molecule has 116 valence electrons. The predicted molar refractivity (Wildman–Crippen MR) is 85.7 cm³/mol. The molecule has 1 aliphatic rings. The molecule has 1 aromatic carbocycles. The van der Waals surface area contributed by atoms with Crippen LogP contribution in [0.3, 0.4) is 0 Å². The smallest absolute Gasteiger partial charge is 0.230 e. The average molecular weight is 319 g/mol. The molecule has 1 amide bonds. The third kappa shape index (κ3) is 3.90. The van der Waals surface area contributed by atoms with Gasteiger partial charge in [-0.3, -0.25) is 4.79 Å². The van der Waals surface area contributed by atoms with Crippen molar-refractivity contribution in [2.45, 2.75) is 25.2 Å². The molecule has 2 aromatic rings. The monoisotopic (exact) mass is 319 g/mol. The zero-order valence-electron chi connectivity index (χ0n) is 12.1. The Labute approximate surface area is 132 Å². The molecule has 2 N–H and O–H groups in total. The van der Waals surface area contributed by atoms with Gasteiger partial charge in [0.05, 0.1) is 6.42 Å². The van der Waals surface area contributed by atoms with Gasteiger partial charge in [-0.15, -0.1) is 11.3 Å². The van der Waals surface area contributed by atoms with Gasteiger partial charge in [0, 0.05) is 11.1 Å². The fourth-order valence-electron chi connectivity index (χ4n) is 2.64. The van der Waals surface area contributed by atoms with Gasteiger partial charge in [0.2, 0.25) is 5.91 Å². The lowest BCUT2D eigenvalue weighted by atomic mass is 9.97. The zero-order chi connectivity index (χ0) is 15.4. The summed E-state index contributed by atoms with van der Waals surface area (Å²) in [6.45, 7) is 2.06. The molecule has 1 aliphatic heterocycles. The van der Waals surface area contributed by atoms with Crippen LogP contribution < -0.4 is 10.6 Å². The third-order valence-electron chi connectivity index (χ3n) is 3.77. The van der Waals surface area contributed by atoms with Crippen molar-refractivity contribution in [1.29, 1.82) is 0 Å². The van der Waals surface area contributed by atoms with E-state index in [-0.39, 0.29) is 18.1 Å². The van der Waals surface area contributed by atoms with Gasteiger partial charge in [0.1, 0.15) is 5.82 Å². The van der Waals surface area contributed by atoms with Crippen LogP contribution in [0.15, 0.2) is 30.5 Å². The summed E-state index contributed by atoms with van der Waals surface area (Å²) in [6, 6.07) is 6.09. The van der Waals surface area contributed by atoms with Gasteiger partial charge in [-0.25, -0.2) is 9.37 Å². The molecule has 0 spiro atoms. The van der Waals surface area contributed by atoms with Crippen LogP contribution in [-0.2, 0) is 11.2 Å². The van der Waals surface area contributed by atoms with Gasteiger partial charge >= 0.3 is 0 Å². The Morgan fingerprint density at radius 2 is 2.23 bits per heavy atom. The number of carbonyl (C=O) groups is 1. The SMILES string of the molecule is O=C(Cc1cccc(F)c1)Nc1ncc(C2CCNCC2)s1. The van der Waals surface area contributed by atoms with E-state index in [1.807, 2.05) is 6.20 Å². The highest BCUT2D eigenvalue weighted by Gasteiger charge is 2.18. The second-order valence-corrected chi connectivity index (χ2v) is 6.51. The van der Waals surface area contributed by atoms with Crippen LogP contribution in [0.1, 0.15) is 29.2 Å². The van der Waals surface area contributed by atoms with Gasteiger partial charge in [-0.2, -0.15) is 0 Å². The van der Waals surface area contributed by atoms with Gasteiger partial charge in [0.25, 0.3) is 0 Å². The first-order valence-corrected chi connectivity index (χ1v) is 8.23. The van der Waals surface area contributed by atoms with Crippen molar-refractivity contribution < 1.29 is 9.18 Å². The highest BCUT2D eigenvalue weighted by atomic mass is 32.1. The van der Waals surface area contributed by atoms with Crippen molar-refractivity contribution in [1.82, 2.24) is 10.3 Å². The highest BCUT2D eigenvalue weighted by Crippen LogP contribution is 2.31. The summed E-state index contributed by atoms with van der Waals surface area (Å²) in [5.74, 6) is 0.0391. The summed E-state index contributed by atoms with van der Waals surface area (Å²) in [5.41, 5.74) is 0.660. The van der Waals surface area contributed by atoms with Crippen LogP contribution in [0, 0.1) is 5.82 Å². The van der Waals surface area contributed by atoms with Crippen LogP contribution in [-0.4, -0.2) is 24.0 Å². The van der Waals surface area contributed by atoms with Crippen LogP contribution in [0.4, 0.5) is 9.52 Å². The molecule has 0 aliphatic carbocycles. The fourth-order valence-corrected chi connectivity index (χ4v) is 3.64. The Morgan fingerprint density at radius 1 is 1.41 bits per heavy atom. The fraction of sp³-hybridized carbons (Fsp3) is 0.375. The number of halogens is 1. The maximum absolute atomic E-state index is 13.1. The molecule has 0 bridgehead atoms. The van der Waals surface area contributed by atoms with E-state index < -0.39 is 0 Å². The van der Waals surface area contributed by atoms with E-state index in [1.54, 1.807) is 12.1 Å². The summed E-state index contributed by atoms with van der Waals surface area (Å²) < 4.78 is 13.1. The number of hydrogen-bond acceptors (Lipinski definition) is 4. The minimum absolute atomic E-state index is 0.153. The molecule has 6 heteroatoms. The summed E-state index contributed by atoms with van der Waals surface area (Å²) in [7, 11) is 0. The van der Waals surface area contributed by atoms with Crippen molar-refractivity contribution in [2.75, 3.05) is 18.4 Å². The summed E-state index contributed by atoms with van der Waals surface area (Å²) in [6.07, 6.45) is 4.23. The number of thiazole rings is 1. The first-order valence-electron chi connectivity index (χ1n) is 7.41. The number of benzene rings is 1. The number of amides is 1. The molecule has 22 heavy (non-hydrogen) atoms. The number of rotatable bonds is 4. The number of piperidine rings is 1. The summed E-state index contributed by atoms with van der Waals surface area (Å²) in [5, 5.41) is 6.76. The molecule has 4 nitrogen and oxygen atoms in total. The first kappa shape index (κ1) is 15.1. The van der Waals surface area contributed by atoms with Gasteiger partial charge in [-0.1, -0.05) is 12.1 Å². The highest BCUT2D eigenvalue weighted by molar-refractivity contribution is 7.15. The van der Waals surface area contributed by atoms with Crippen LogP contribution in [0.5, 0.6) is 0 Å². The second kappa shape index (κ2) is 6.98. The van der Waals surface area contributed by atoms with E-state index >= 15 is 0 Å². The van der Waals surface area contributed by atoms with Crippen LogP contribution in [0.25, 0.3) is 0 Å². The maximum atomic E-state index is 13.1. The number of nitrogens with zero attached hydrogens (tertiary/aromatic N) is 1. The standard InChI is InChI=1S/C16H18FN3OS/c17-13-3-1-2-11(8-13)9-15(21)20-16-19-10-14(22-16)12-4-6-18-7-5-12/h1-3,8,10,12,18H,4-7,9H2,(H,19,20,21). The number of hydrogen-bond donors (Lipinski definition) is 2. The lowest BCUT2D eigenvalue weighted by molar-refractivity contribution is -0.115. The number of aromatic nitrogens is 1. The molecule has 0 saturated carbocycles. The molecular formula is C16H18FN3OS. The molecule has 0 radical (unpaired) electrons. The van der Waals surface area contributed by atoms with E-state index in [2.05, 4.69) is 15.6 Å². The van der Waals surface area contributed by atoms with Crippen molar-refractivity contribution in [3.63, 3.8) is 0 Å². The Bertz CT molecular complexity index is 652. The van der Waals surface area contributed by atoms with Crippen molar-refractivity contribution in [3.8, 4) is 0 Å².